The van der Waals surface area contributed by atoms with Crippen LogP contribution in [0.25, 0.3) is 10.2 Å². The fourth-order valence-electron chi connectivity index (χ4n) is 3.06. The van der Waals surface area contributed by atoms with Gasteiger partial charge in [-0.2, -0.15) is 0 Å². The zero-order chi connectivity index (χ0) is 21.8. The number of carbonyl (C=O) groups is 1. The molecule has 0 aliphatic heterocycles. The van der Waals surface area contributed by atoms with Crippen LogP contribution in [0.4, 0.5) is 10.1 Å². The molecule has 1 N–H and O–H groups in total. The van der Waals surface area contributed by atoms with E-state index in [1.807, 2.05) is 29.6 Å². The van der Waals surface area contributed by atoms with E-state index in [2.05, 4.69) is 10.3 Å². The number of amides is 1. The molecular weight excluding hydrogens is 437 g/mol. The minimum absolute atomic E-state index is 0.0255. The van der Waals surface area contributed by atoms with Crippen molar-refractivity contribution in [1.82, 2.24) is 9.55 Å². The Hall–Kier alpha value is -3.17. The van der Waals surface area contributed by atoms with Gasteiger partial charge in [0.2, 0.25) is 5.91 Å². The van der Waals surface area contributed by atoms with Crippen molar-refractivity contribution in [2.24, 2.45) is 0 Å². The lowest BCUT2D eigenvalue weighted by Crippen LogP contribution is -2.24. The van der Waals surface area contributed by atoms with E-state index in [-0.39, 0.29) is 23.5 Å². The predicted molar refractivity (Wildman–Crippen MR) is 122 cm³/mol. The molecule has 0 aliphatic carbocycles. The van der Waals surface area contributed by atoms with Crippen LogP contribution in [0.5, 0.6) is 5.75 Å². The van der Waals surface area contributed by atoms with Crippen LogP contribution in [0.2, 0.25) is 0 Å². The van der Waals surface area contributed by atoms with Crippen molar-refractivity contribution in [2.75, 3.05) is 18.2 Å². The molecule has 9 heteroatoms. The largest absolute Gasteiger partial charge is 0.496 e. The van der Waals surface area contributed by atoms with E-state index in [0.717, 1.165) is 17.3 Å². The monoisotopic (exact) mass is 455 g/mol. The number of aromatic nitrogens is 2. The summed E-state index contributed by atoms with van der Waals surface area (Å²) in [6.07, 6.45) is 0. The smallest absolute Gasteiger partial charge is 0.272 e. The van der Waals surface area contributed by atoms with E-state index in [9.17, 15) is 14.0 Å². The summed E-state index contributed by atoms with van der Waals surface area (Å²) in [5, 5.41) is 4.77. The van der Waals surface area contributed by atoms with Gasteiger partial charge in [0, 0.05) is 5.56 Å². The minimum Gasteiger partial charge on any atom is -0.496 e. The Bertz CT molecular complexity index is 1300. The quantitative estimate of drug-likeness (QED) is 0.331. The summed E-state index contributed by atoms with van der Waals surface area (Å²) in [5.74, 6) is -0.262. The molecule has 0 saturated heterocycles. The van der Waals surface area contributed by atoms with E-state index in [1.54, 1.807) is 25.3 Å². The summed E-state index contributed by atoms with van der Waals surface area (Å²) in [6, 6.07) is 15.2. The second kappa shape index (κ2) is 9.32. The number of hydrogen-bond acceptors (Lipinski definition) is 6. The van der Waals surface area contributed by atoms with Gasteiger partial charge in [0.25, 0.3) is 5.56 Å². The number of thioether (sulfide) groups is 1. The van der Waals surface area contributed by atoms with Crippen LogP contribution in [0, 0.1) is 5.82 Å². The number of methoxy groups -OCH3 is 1. The standard InChI is InChI=1S/C22H18FN3O3S2/c1-29-18-9-5-2-6-14(18)12-26-21(28)20-17(10-11-30-20)25-22(26)31-13-19(27)24-16-8-4-3-7-15(16)23/h2-11H,12-13H2,1H3,(H,24,27). The number of anilines is 1. The summed E-state index contributed by atoms with van der Waals surface area (Å²) in [5.41, 5.74) is 1.34. The van der Waals surface area contributed by atoms with Crippen LogP contribution in [0.1, 0.15) is 5.56 Å². The molecule has 2 heterocycles. The number of para-hydroxylation sites is 2. The lowest BCUT2D eigenvalue weighted by atomic mass is 10.2. The number of fused-ring (bicyclic) bond motifs is 1. The number of hydrogen-bond donors (Lipinski definition) is 1. The number of nitrogens with one attached hydrogen (secondary N) is 1. The number of nitrogens with zero attached hydrogens (tertiary/aromatic N) is 2. The third-order valence-electron chi connectivity index (χ3n) is 4.53. The van der Waals surface area contributed by atoms with Crippen LogP contribution < -0.4 is 15.6 Å². The van der Waals surface area contributed by atoms with Crippen molar-refractivity contribution in [3.63, 3.8) is 0 Å². The number of benzene rings is 2. The van der Waals surface area contributed by atoms with E-state index < -0.39 is 11.7 Å². The van der Waals surface area contributed by atoms with E-state index in [4.69, 9.17) is 4.74 Å². The Balaban J connectivity index is 1.62. The van der Waals surface area contributed by atoms with Gasteiger partial charge in [0.05, 0.1) is 30.6 Å². The van der Waals surface area contributed by atoms with Gasteiger partial charge in [-0.1, -0.05) is 42.1 Å². The maximum absolute atomic E-state index is 13.8. The number of rotatable bonds is 7. The molecule has 0 atom stereocenters. The molecule has 4 aromatic rings. The Morgan fingerprint density at radius 2 is 1.97 bits per heavy atom. The summed E-state index contributed by atoms with van der Waals surface area (Å²) in [6.45, 7) is 0.251. The Labute approximate surface area is 185 Å². The predicted octanol–water partition coefficient (Wildman–Crippen LogP) is 4.38. The minimum atomic E-state index is -0.508. The lowest BCUT2D eigenvalue weighted by molar-refractivity contribution is -0.113. The zero-order valence-electron chi connectivity index (χ0n) is 16.5. The molecule has 158 valence electrons. The first-order valence-corrected chi connectivity index (χ1v) is 11.2. The lowest BCUT2D eigenvalue weighted by Gasteiger charge is -2.14. The fourth-order valence-corrected chi connectivity index (χ4v) is 4.63. The fraction of sp³-hybridized carbons (Fsp3) is 0.136. The molecule has 0 spiro atoms. The zero-order valence-corrected chi connectivity index (χ0v) is 18.1. The summed E-state index contributed by atoms with van der Waals surface area (Å²) >= 11 is 2.45. The normalized spacial score (nSPS) is 10.9. The molecule has 31 heavy (non-hydrogen) atoms. The van der Waals surface area contributed by atoms with Gasteiger partial charge in [-0.25, -0.2) is 9.37 Å². The molecule has 0 radical (unpaired) electrons. The highest BCUT2D eigenvalue weighted by Gasteiger charge is 2.16. The molecule has 0 aliphatic rings. The number of ether oxygens (including phenoxy) is 1. The van der Waals surface area contributed by atoms with Crippen molar-refractivity contribution in [2.45, 2.75) is 11.7 Å². The third kappa shape index (κ3) is 4.62. The van der Waals surface area contributed by atoms with Gasteiger partial charge in [0.1, 0.15) is 16.3 Å². The second-order valence-corrected chi connectivity index (χ2v) is 8.41. The molecule has 2 aromatic carbocycles. The first kappa shape index (κ1) is 21.1. The van der Waals surface area contributed by atoms with Crippen molar-refractivity contribution in [3.05, 3.63) is 81.7 Å². The maximum atomic E-state index is 13.8. The molecule has 0 saturated carbocycles. The van der Waals surface area contributed by atoms with E-state index >= 15 is 0 Å². The third-order valence-corrected chi connectivity index (χ3v) is 6.40. The van der Waals surface area contributed by atoms with Gasteiger partial charge in [0.15, 0.2) is 5.16 Å². The highest BCUT2D eigenvalue weighted by molar-refractivity contribution is 7.99. The molecule has 2 aromatic heterocycles. The molecule has 0 fully saturated rings. The van der Waals surface area contributed by atoms with Crippen LogP contribution in [-0.4, -0.2) is 28.3 Å². The summed E-state index contributed by atoms with van der Waals surface area (Å²) < 4.78 is 21.3. The maximum Gasteiger partial charge on any atom is 0.272 e. The van der Waals surface area contributed by atoms with Gasteiger partial charge in [-0.05, 0) is 29.6 Å². The van der Waals surface area contributed by atoms with Crippen molar-refractivity contribution in [1.29, 1.82) is 0 Å². The summed E-state index contributed by atoms with van der Waals surface area (Å²) in [7, 11) is 1.57. The topological polar surface area (TPSA) is 73.2 Å². The molecular formula is C22H18FN3O3S2. The first-order valence-electron chi connectivity index (χ1n) is 9.34. The molecule has 1 amide bonds. The van der Waals surface area contributed by atoms with Crippen LogP contribution in [0.3, 0.4) is 0 Å². The van der Waals surface area contributed by atoms with Gasteiger partial charge in [-0.15, -0.1) is 11.3 Å². The molecule has 6 nitrogen and oxygen atoms in total. The molecule has 4 rings (SSSR count). The Morgan fingerprint density at radius 1 is 1.19 bits per heavy atom. The van der Waals surface area contributed by atoms with Crippen LogP contribution >= 0.6 is 23.1 Å². The second-order valence-electron chi connectivity index (χ2n) is 6.55. The molecule has 0 unspecified atom stereocenters. The van der Waals surface area contributed by atoms with Gasteiger partial charge in [-0.3, -0.25) is 14.2 Å². The van der Waals surface area contributed by atoms with E-state index in [0.29, 0.717) is 21.1 Å². The van der Waals surface area contributed by atoms with Crippen molar-refractivity contribution < 1.29 is 13.9 Å². The van der Waals surface area contributed by atoms with Crippen molar-refractivity contribution >= 4 is 44.9 Å². The Morgan fingerprint density at radius 3 is 2.77 bits per heavy atom. The highest BCUT2D eigenvalue weighted by Crippen LogP contribution is 2.24. The number of halogens is 1. The van der Waals surface area contributed by atoms with Crippen LogP contribution in [-0.2, 0) is 11.3 Å². The summed E-state index contributed by atoms with van der Waals surface area (Å²) in [4.78, 5) is 30.1. The average molecular weight is 456 g/mol. The first-order chi connectivity index (χ1) is 15.1. The molecule has 0 bridgehead atoms. The SMILES string of the molecule is COc1ccccc1Cn1c(SCC(=O)Nc2ccccc2F)nc2ccsc2c1=O. The Kier molecular flexibility index (Phi) is 6.34. The van der Waals surface area contributed by atoms with Crippen molar-refractivity contribution in [3.8, 4) is 5.75 Å². The van der Waals surface area contributed by atoms with E-state index in [1.165, 1.54) is 28.0 Å². The van der Waals surface area contributed by atoms with Gasteiger partial charge >= 0.3 is 0 Å². The van der Waals surface area contributed by atoms with Crippen LogP contribution in [0.15, 0.2) is 69.9 Å². The van der Waals surface area contributed by atoms with Gasteiger partial charge < -0.3 is 10.1 Å². The number of carbonyl (C=O) groups excluding carboxylic acids is 1. The highest BCUT2D eigenvalue weighted by atomic mass is 32.2. The average Bonchev–Trinajstić information content (AvgIpc) is 3.25. The number of thiophene rings is 1.